The number of nitro groups is 2. The van der Waals surface area contributed by atoms with E-state index in [1.165, 1.54) is 0 Å². The molecule has 0 spiro atoms. The van der Waals surface area contributed by atoms with Crippen LogP contribution >= 0.6 is 0 Å². The Morgan fingerprint density at radius 2 is 0.547 bits per heavy atom. The molecule has 8 nitrogen and oxygen atoms in total. The largest absolute Gasteiger partial charge is 0.443 e. The number of furan rings is 2. The Morgan fingerprint density at radius 3 is 0.734 bits per heavy atom. The van der Waals surface area contributed by atoms with Crippen molar-refractivity contribution in [3.05, 3.63) is 180 Å². The van der Waals surface area contributed by atoms with Gasteiger partial charge in [0.1, 0.15) is 52.7 Å². The summed E-state index contributed by atoms with van der Waals surface area (Å²) >= 11 is -0.760. The Balaban J connectivity index is 0.000000337. The van der Waals surface area contributed by atoms with Crippen LogP contribution in [0.2, 0.25) is 0 Å². The van der Waals surface area contributed by atoms with E-state index in [0.717, 1.165) is 0 Å². The van der Waals surface area contributed by atoms with Crippen molar-refractivity contribution in [1.29, 1.82) is 0 Å². The maximum atomic E-state index is 15.4. The fraction of sp³-hybridized carbons (Fsp3) is 0.0588. The third-order valence-electron chi connectivity index (χ3n) is 8.72. The summed E-state index contributed by atoms with van der Waals surface area (Å²) in [5.74, 6) is -70.8. The minimum atomic E-state index is -7.22. The molecule has 2 heterocycles. The van der Waals surface area contributed by atoms with Crippen LogP contribution in [-0.4, -0.2) is 16.0 Å². The Labute approximate surface area is 348 Å². The van der Waals surface area contributed by atoms with Crippen LogP contribution in [0.5, 0.6) is 0 Å². The molecule has 0 amide bonds. The number of halogens is 21. The normalized spacial score (nSPS) is 11.6. The summed E-state index contributed by atoms with van der Waals surface area (Å²) in [7, 11) is 0. The van der Waals surface area contributed by atoms with E-state index in [9.17, 15) is 72.9 Å². The molecule has 0 aliphatic rings. The number of hydrogen-bond donors (Lipinski definition) is 0. The van der Waals surface area contributed by atoms with Crippen molar-refractivity contribution in [3.63, 3.8) is 0 Å². The Morgan fingerprint density at radius 1 is 0.359 bits per heavy atom. The van der Waals surface area contributed by atoms with Crippen molar-refractivity contribution < 1.29 is 128 Å². The Bertz CT molecular complexity index is 2480. The quantitative estimate of drug-likeness (QED) is 0.0383. The fourth-order valence-corrected chi connectivity index (χ4v) is 8.22. The molecule has 64 heavy (non-hydrogen) atoms. The Kier molecular flexibility index (Phi) is 13.7. The van der Waals surface area contributed by atoms with Gasteiger partial charge in [0.15, 0.2) is 81.3 Å². The first kappa shape index (κ1) is 48.7. The minimum Gasteiger partial charge on any atom is -0.416 e. The standard InChI is InChI=1S/C24BF20.C10H8IN2O6/c26-5-1(6(27)14(35)21(42)13(5)34)25(2-7(28)15(36)22(43)16(37)8(2)29,3-9(30)17(38)23(44)18(39)10(3)31)4-11(32)19(40)24(45)20(41)12(4)33;14-12(15)5-7-1-3-9(18-7)11-10-4-2-8(19-10)6-13(16)17/h;1-4H,5-6H2/q-1;+1. The second-order valence-electron chi connectivity index (χ2n) is 12.3. The molecule has 2 aromatic heterocycles. The molecule has 4 aromatic carbocycles. The van der Waals surface area contributed by atoms with E-state index in [1.807, 2.05) is 0 Å². The topological polar surface area (TPSA) is 113 Å². The highest BCUT2D eigenvalue weighted by atomic mass is 127. The molecule has 0 bridgehead atoms. The van der Waals surface area contributed by atoms with E-state index in [4.69, 9.17) is 8.83 Å². The number of benzene rings is 4. The van der Waals surface area contributed by atoms with Gasteiger partial charge >= 0.3 is 28.7 Å². The predicted octanol–water partition coefficient (Wildman–Crippen LogP) is 4.40. The first-order valence-corrected chi connectivity index (χ1v) is 18.2. The average molecular weight is 1060 g/mol. The van der Waals surface area contributed by atoms with Crippen LogP contribution in [-0.2, 0) is 13.1 Å². The molecular weight excluding hydrogens is 1050 g/mol. The molecular formula is C34H8BF20IN2O6. The zero-order valence-electron chi connectivity index (χ0n) is 29.6. The number of rotatable bonds is 10. The summed E-state index contributed by atoms with van der Waals surface area (Å²) in [5.41, 5.74) is -14.3. The van der Waals surface area contributed by atoms with Crippen molar-refractivity contribution in [2.24, 2.45) is 0 Å². The van der Waals surface area contributed by atoms with Crippen molar-refractivity contribution in [1.82, 2.24) is 0 Å². The first-order valence-electron chi connectivity index (χ1n) is 16.0. The van der Waals surface area contributed by atoms with Crippen LogP contribution in [0.3, 0.4) is 0 Å². The van der Waals surface area contributed by atoms with Crippen molar-refractivity contribution in [2.75, 3.05) is 0 Å². The SMILES string of the molecule is Fc1c(F)c(F)c([B-](c2c(F)c(F)c(F)c(F)c2F)(c2c(F)c(F)c(F)c(F)c2F)c2c(F)c(F)c(F)c(F)c2F)c(F)c1F.O=[N+]([O-])Cc1ccc([I+]c2ccc(C[N+](=O)[O-])o2)o1. The number of nitrogens with zero attached hydrogens (tertiary/aromatic N) is 2. The second kappa shape index (κ2) is 18.0. The molecule has 340 valence electrons. The van der Waals surface area contributed by atoms with E-state index in [1.54, 1.807) is 24.3 Å². The second-order valence-corrected chi connectivity index (χ2v) is 15.0. The van der Waals surface area contributed by atoms with E-state index in [-0.39, 0.29) is 24.6 Å². The van der Waals surface area contributed by atoms with E-state index in [0.29, 0.717) is 7.53 Å². The molecule has 0 aliphatic heterocycles. The fourth-order valence-electron chi connectivity index (χ4n) is 6.20. The molecule has 0 atom stereocenters. The van der Waals surface area contributed by atoms with Gasteiger partial charge in [-0.25, -0.2) is 87.8 Å². The third-order valence-corrected chi connectivity index (χ3v) is 10.9. The van der Waals surface area contributed by atoms with Gasteiger partial charge in [-0.05, 0) is 12.1 Å². The summed E-state index contributed by atoms with van der Waals surface area (Å²) in [6.07, 6.45) is -7.22. The molecule has 0 unspecified atom stereocenters. The Hall–Kier alpha value is -6.37. The van der Waals surface area contributed by atoms with Gasteiger partial charge in [-0.1, -0.05) is 0 Å². The van der Waals surface area contributed by atoms with Gasteiger partial charge in [-0.2, -0.15) is 0 Å². The van der Waals surface area contributed by atoms with Crippen LogP contribution in [0.1, 0.15) is 11.5 Å². The van der Waals surface area contributed by atoms with Crippen molar-refractivity contribution in [3.8, 4) is 0 Å². The lowest BCUT2D eigenvalue weighted by atomic mass is 9.12. The number of hydrogen-bond acceptors (Lipinski definition) is 6. The van der Waals surface area contributed by atoms with Gasteiger partial charge < -0.3 is 8.83 Å². The summed E-state index contributed by atoms with van der Waals surface area (Å²) in [6.45, 7) is -0.705. The highest BCUT2D eigenvalue weighted by Crippen LogP contribution is 2.30. The summed E-state index contributed by atoms with van der Waals surface area (Å²) in [6, 6.07) is 6.45. The average Bonchev–Trinajstić information content (AvgIpc) is 3.88. The molecule has 0 fully saturated rings. The minimum absolute atomic E-state index is 0.289. The zero-order chi connectivity index (χ0) is 48.2. The molecule has 0 N–H and O–H groups in total. The maximum Gasteiger partial charge on any atom is 0.443 e. The first-order chi connectivity index (χ1) is 29.7. The van der Waals surface area contributed by atoms with Gasteiger partial charge in [-0.3, -0.25) is 20.2 Å². The molecule has 30 heteroatoms. The van der Waals surface area contributed by atoms with Gasteiger partial charge in [0, 0.05) is 22.0 Å². The highest BCUT2D eigenvalue weighted by molar-refractivity contribution is 7.20. The van der Waals surface area contributed by atoms with Gasteiger partial charge in [0.05, 0.1) is 0 Å². The van der Waals surface area contributed by atoms with Gasteiger partial charge in [-0.15, -0.1) is 21.9 Å². The molecule has 0 aliphatic carbocycles. The molecule has 6 aromatic rings. The lowest BCUT2D eigenvalue weighted by molar-refractivity contribution is -0.637. The van der Waals surface area contributed by atoms with Gasteiger partial charge in [0.2, 0.25) is 0 Å². The van der Waals surface area contributed by atoms with E-state index in [2.05, 4.69) is 0 Å². The zero-order valence-corrected chi connectivity index (χ0v) is 31.7. The molecule has 0 saturated heterocycles. The summed E-state index contributed by atoms with van der Waals surface area (Å²) in [4.78, 5) is 19.7. The molecule has 0 saturated carbocycles. The smallest absolute Gasteiger partial charge is 0.416 e. The monoisotopic (exact) mass is 1060 g/mol. The van der Waals surface area contributed by atoms with Crippen LogP contribution in [0.25, 0.3) is 0 Å². The van der Waals surface area contributed by atoms with Gasteiger partial charge in [0.25, 0.3) is 13.1 Å². The lowest BCUT2D eigenvalue weighted by Crippen LogP contribution is -3.61. The van der Waals surface area contributed by atoms with Crippen LogP contribution in [0, 0.1) is 144 Å². The van der Waals surface area contributed by atoms with Crippen LogP contribution < -0.4 is 43.1 Å². The van der Waals surface area contributed by atoms with Crippen molar-refractivity contribution >= 4 is 28.0 Å². The van der Waals surface area contributed by atoms with E-state index >= 15 is 35.1 Å². The highest BCUT2D eigenvalue weighted by Gasteiger charge is 2.52. The molecule has 0 radical (unpaired) electrons. The maximum absolute atomic E-state index is 15.4. The predicted molar refractivity (Wildman–Crippen MR) is 165 cm³/mol. The lowest BCUT2D eigenvalue weighted by Gasteiger charge is -2.44. The summed E-state index contributed by atoms with van der Waals surface area (Å²) in [5, 5.41) is 20.6. The van der Waals surface area contributed by atoms with Crippen LogP contribution in [0.4, 0.5) is 87.8 Å². The molecule has 6 rings (SSSR count). The van der Waals surface area contributed by atoms with Crippen molar-refractivity contribution in [2.45, 2.75) is 13.1 Å². The van der Waals surface area contributed by atoms with Crippen LogP contribution in [0.15, 0.2) is 33.1 Å². The third kappa shape index (κ3) is 8.05. The summed E-state index contributed by atoms with van der Waals surface area (Å²) < 4.78 is 306. The van der Waals surface area contributed by atoms with E-state index < -0.39 is 175 Å².